The molecule has 1 N–H and O–H groups in total. The molecule has 0 heterocycles. The van der Waals surface area contributed by atoms with Crippen molar-refractivity contribution in [1.82, 2.24) is 5.32 Å². The van der Waals surface area contributed by atoms with Gasteiger partial charge < -0.3 is 10.1 Å². The van der Waals surface area contributed by atoms with Gasteiger partial charge in [-0.2, -0.15) is 0 Å². The fourth-order valence-corrected chi connectivity index (χ4v) is 2.47. The maximum atomic E-state index is 6.26. The van der Waals surface area contributed by atoms with Gasteiger partial charge >= 0.3 is 0 Å². The van der Waals surface area contributed by atoms with Crippen LogP contribution in [-0.2, 0) is 6.42 Å². The van der Waals surface area contributed by atoms with Crippen molar-refractivity contribution in [3.05, 3.63) is 27.7 Å². The molecular formula is C16H25Cl2NO. The number of aryl methyl sites for hydroxylation is 1. The summed E-state index contributed by atoms with van der Waals surface area (Å²) >= 11 is 12.4. The van der Waals surface area contributed by atoms with E-state index < -0.39 is 0 Å². The quantitative estimate of drug-likeness (QED) is 0.650. The summed E-state index contributed by atoms with van der Waals surface area (Å²) in [5.74, 6) is 1.37. The molecule has 0 spiro atoms. The molecule has 4 heteroatoms. The van der Waals surface area contributed by atoms with E-state index in [0.29, 0.717) is 23.3 Å². The molecular weight excluding hydrogens is 293 g/mol. The van der Waals surface area contributed by atoms with Gasteiger partial charge in [0.05, 0.1) is 11.6 Å². The zero-order valence-electron chi connectivity index (χ0n) is 12.6. The van der Waals surface area contributed by atoms with E-state index in [0.717, 1.165) is 42.9 Å². The summed E-state index contributed by atoms with van der Waals surface area (Å²) in [6.45, 7) is 9.10. The molecule has 114 valence electrons. The van der Waals surface area contributed by atoms with Crippen molar-refractivity contribution in [3.8, 4) is 5.75 Å². The zero-order chi connectivity index (χ0) is 15.0. The van der Waals surface area contributed by atoms with Gasteiger partial charge in [-0.25, -0.2) is 0 Å². The maximum Gasteiger partial charge on any atom is 0.139 e. The van der Waals surface area contributed by atoms with E-state index in [9.17, 15) is 0 Å². The van der Waals surface area contributed by atoms with Crippen molar-refractivity contribution < 1.29 is 4.74 Å². The minimum absolute atomic E-state index is 0.594. The standard InChI is InChI=1S/C16H25Cl2NO/c1-4-20-16-10-14(17)13(9-15(16)18)7-5-6-8-19-11-12(2)3/h9-10,12,19H,4-8,11H2,1-3H3. The molecule has 0 saturated carbocycles. The van der Waals surface area contributed by atoms with Crippen LogP contribution in [-0.4, -0.2) is 19.7 Å². The van der Waals surface area contributed by atoms with Crippen molar-refractivity contribution >= 4 is 23.2 Å². The van der Waals surface area contributed by atoms with Gasteiger partial charge in [-0.05, 0) is 56.8 Å². The molecule has 0 saturated heterocycles. The van der Waals surface area contributed by atoms with Crippen LogP contribution in [0.4, 0.5) is 0 Å². The van der Waals surface area contributed by atoms with Crippen LogP contribution in [0, 0.1) is 5.92 Å². The lowest BCUT2D eigenvalue weighted by Crippen LogP contribution is -2.20. The second kappa shape index (κ2) is 9.49. The van der Waals surface area contributed by atoms with Gasteiger partial charge in [0.25, 0.3) is 0 Å². The van der Waals surface area contributed by atoms with Crippen LogP contribution in [0.5, 0.6) is 5.75 Å². The SMILES string of the molecule is CCOc1cc(Cl)c(CCCCNCC(C)C)cc1Cl. The number of hydrogen-bond donors (Lipinski definition) is 1. The van der Waals surface area contributed by atoms with Crippen molar-refractivity contribution in [1.29, 1.82) is 0 Å². The van der Waals surface area contributed by atoms with E-state index in [1.807, 2.05) is 19.1 Å². The summed E-state index contributed by atoms with van der Waals surface area (Å²) in [5.41, 5.74) is 1.10. The third-order valence-electron chi connectivity index (χ3n) is 3.00. The lowest BCUT2D eigenvalue weighted by molar-refractivity contribution is 0.340. The van der Waals surface area contributed by atoms with Gasteiger partial charge in [0.2, 0.25) is 0 Å². The van der Waals surface area contributed by atoms with E-state index in [2.05, 4.69) is 19.2 Å². The van der Waals surface area contributed by atoms with Crippen molar-refractivity contribution in [2.45, 2.75) is 40.0 Å². The Morgan fingerprint density at radius 1 is 1.15 bits per heavy atom. The molecule has 0 fully saturated rings. The number of nitrogens with one attached hydrogen (secondary N) is 1. The molecule has 0 aliphatic rings. The highest BCUT2D eigenvalue weighted by atomic mass is 35.5. The molecule has 1 rings (SSSR count). The average molecular weight is 318 g/mol. The van der Waals surface area contributed by atoms with Crippen LogP contribution in [0.15, 0.2) is 12.1 Å². The highest BCUT2D eigenvalue weighted by Gasteiger charge is 2.08. The van der Waals surface area contributed by atoms with Gasteiger partial charge in [0, 0.05) is 11.1 Å². The number of unbranched alkanes of at least 4 members (excludes halogenated alkanes) is 1. The normalized spacial score (nSPS) is 11.1. The lowest BCUT2D eigenvalue weighted by atomic mass is 10.1. The predicted molar refractivity (Wildman–Crippen MR) is 88.3 cm³/mol. The smallest absolute Gasteiger partial charge is 0.139 e. The Balaban J connectivity index is 2.38. The lowest BCUT2D eigenvalue weighted by Gasteiger charge is -2.11. The molecule has 2 nitrogen and oxygen atoms in total. The van der Waals surface area contributed by atoms with Crippen LogP contribution in [0.25, 0.3) is 0 Å². The zero-order valence-corrected chi connectivity index (χ0v) is 14.2. The predicted octanol–water partition coefficient (Wildman–Crippen LogP) is 4.96. The van der Waals surface area contributed by atoms with Gasteiger partial charge in [-0.1, -0.05) is 37.0 Å². The third kappa shape index (κ3) is 6.34. The summed E-state index contributed by atoms with van der Waals surface area (Å²) in [6.07, 6.45) is 3.21. The van der Waals surface area contributed by atoms with Crippen LogP contribution >= 0.6 is 23.2 Å². The fraction of sp³-hybridized carbons (Fsp3) is 0.625. The summed E-state index contributed by atoms with van der Waals surface area (Å²) in [7, 11) is 0. The minimum atomic E-state index is 0.594. The summed E-state index contributed by atoms with van der Waals surface area (Å²) in [6, 6.07) is 3.75. The minimum Gasteiger partial charge on any atom is -0.492 e. The first-order valence-electron chi connectivity index (χ1n) is 7.36. The van der Waals surface area contributed by atoms with E-state index >= 15 is 0 Å². The van der Waals surface area contributed by atoms with Gasteiger partial charge in [-0.15, -0.1) is 0 Å². The van der Waals surface area contributed by atoms with Crippen LogP contribution in [0.1, 0.15) is 39.2 Å². The van der Waals surface area contributed by atoms with Crippen LogP contribution in [0.2, 0.25) is 10.0 Å². The Morgan fingerprint density at radius 3 is 2.55 bits per heavy atom. The van der Waals surface area contributed by atoms with Gasteiger partial charge in [0.15, 0.2) is 0 Å². The first-order valence-corrected chi connectivity index (χ1v) is 8.11. The molecule has 0 atom stereocenters. The van der Waals surface area contributed by atoms with Crippen molar-refractivity contribution in [2.75, 3.05) is 19.7 Å². The third-order valence-corrected chi connectivity index (χ3v) is 3.65. The van der Waals surface area contributed by atoms with Crippen LogP contribution in [0.3, 0.4) is 0 Å². The number of rotatable bonds is 9. The van der Waals surface area contributed by atoms with E-state index in [1.165, 1.54) is 0 Å². The molecule has 0 aliphatic heterocycles. The fourth-order valence-electron chi connectivity index (χ4n) is 1.98. The Labute approximate surface area is 132 Å². The number of ether oxygens (including phenoxy) is 1. The second-order valence-electron chi connectivity index (χ2n) is 5.36. The highest BCUT2D eigenvalue weighted by Crippen LogP contribution is 2.31. The molecule has 0 aliphatic carbocycles. The average Bonchev–Trinajstić information content (AvgIpc) is 2.38. The topological polar surface area (TPSA) is 21.3 Å². The Hall–Kier alpha value is -0.440. The number of halogens is 2. The monoisotopic (exact) mass is 317 g/mol. The first-order chi connectivity index (χ1) is 9.54. The second-order valence-corrected chi connectivity index (χ2v) is 6.18. The Bertz CT molecular complexity index is 408. The maximum absolute atomic E-state index is 6.26. The van der Waals surface area contributed by atoms with Crippen molar-refractivity contribution in [2.24, 2.45) is 5.92 Å². The van der Waals surface area contributed by atoms with E-state index in [4.69, 9.17) is 27.9 Å². The van der Waals surface area contributed by atoms with Crippen molar-refractivity contribution in [3.63, 3.8) is 0 Å². The largest absolute Gasteiger partial charge is 0.492 e. The molecule has 0 amide bonds. The van der Waals surface area contributed by atoms with E-state index in [1.54, 1.807) is 0 Å². The molecule has 0 unspecified atom stereocenters. The van der Waals surface area contributed by atoms with Crippen LogP contribution < -0.4 is 10.1 Å². The van der Waals surface area contributed by atoms with Gasteiger partial charge in [-0.3, -0.25) is 0 Å². The Kier molecular flexibility index (Phi) is 8.35. The number of benzene rings is 1. The molecule has 1 aromatic carbocycles. The first kappa shape index (κ1) is 17.6. The summed E-state index contributed by atoms with van der Waals surface area (Å²) in [4.78, 5) is 0. The molecule has 0 aromatic heterocycles. The summed E-state index contributed by atoms with van der Waals surface area (Å²) in [5, 5.41) is 4.83. The highest BCUT2D eigenvalue weighted by molar-refractivity contribution is 6.34. The number of hydrogen-bond acceptors (Lipinski definition) is 2. The summed E-state index contributed by atoms with van der Waals surface area (Å²) < 4.78 is 5.43. The molecule has 0 bridgehead atoms. The van der Waals surface area contributed by atoms with E-state index in [-0.39, 0.29) is 0 Å². The molecule has 20 heavy (non-hydrogen) atoms. The Morgan fingerprint density at radius 2 is 1.90 bits per heavy atom. The van der Waals surface area contributed by atoms with Gasteiger partial charge in [0.1, 0.15) is 5.75 Å². The molecule has 0 radical (unpaired) electrons. The molecule has 1 aromatic rings.